The van der Waals surface area contributed by atoms with Crippen molar-refractivity contribution in [3.8, 4) is 0 Å². The Hall–Kier alpha value is 0.700. The van der Waals surface area contributed by atoms with Gasteiger partial charge in [0.1, 0.15) is 0 Å². The molecule has 0 aromatic rings. The Morgan fingerprint density at radius 3 is 2.06 bits per heavy atom. The maximum atomic E-state index is 2.43. The second kappa shape index (κ2) is 10.5. The third-order valence-corrected chi connectivity index (χ3v) is 7.19. The number of rotatable bonds is 10. The minimum Gasteiger partial charge on any atom is -0.0902 e. The van der Waals surface area contributed by atoms with Gasteiger partial charge in [0.05, 0.1) is 0 Å². The Labute approximate surface area is 124 Å². The summed E-state index contributed by atoms with van der Waals surface area (Å²) in [6.45, 7) is 14.0. The minimum absolute atomic E-state index is 0.387. The van der Waals surface area contributed by atoms with Crippen molar-refractivity contribution in [2.24, 2.45) is 5.92 Å². The van der Waals surface area contributed by atoms with Gasteiger partial charge < -0.3 is 0 Å². The third-order valence-electron chi connectivity index (χ3n) is 3.20. The van der Waals surface area contributed by atoms with Crippen LogP contribution >= 0.6 is 21.6 Å². The Morgan fingerprint density at radius 1 is 0.889 bits per heavy atom. The van der Waals surface area contributed by atoms with Crippen molar-refractivity contribution in [1.29, 1.82) is 0 Å². The van der Waals surface area contributed by atoms with Crippen LogP contribution in [0.5, 0.6) is 0 Å². The van der Waals surface area contributed by atoms with Gasteiger partial charge in [-0.15, -0.1) is 0 Å². The molecular weight excluding hydrogens is 256 g/mol. The van der Waals surface area contributed by atoms with Crippen molar-refractivity contribution in [3.05, 3.63) is 0 Å². The molecule has 0 N–H and O–H groups in total. The first-order valence-corrected chi connectivity index (χ1v) is 9.96. The number of unbranched alkanes of at least 4 members (excludes halogenated alkanes) is 3. The summed E-state index contributed by atoms with van der Waals surface area (Å²) in [4.78, 5) is 0. The lowest BCUT2D eigenvalue weighted by atomic mass is 9.93. The average Bonchev–Trinajstić information content (AvgIpc) is 2.29. The molecule has 0 saturated carbocycles. The largest absolute Gasteiger partial charge is 0.0902 e. The van der Waals surface area contributed by atoms with Gasteiger partial charge >= 0.3 is 0 Å². The van der Waals surface area contributed by atoms with E-state index in [4.69, 9.17) is 0 Å². The molecule has 0 heterocycles. The zero-order chi connectivity index (χ0) is 14.0. The van der Waals surface area contributed by atoms with Crippen molar-refractivity contribution >= 4 is 21.6 Å². The average molecular weight is 291 g/mol. The molecule has 0 aromatic heterocycles. The van der Waals surface area contributed by atoms with Crippen LogP contribution in [-0.4, -0.2) is 10.00 Å². The van der Waals surface area contributed by atoms with E-state index in [1.807, 2.05) is 0 Å². The standard InChI is InChI=1S/C16H34S2/c1-7-9-10-11-13-15(12-8-2)14(3)17-18-16(4,5)6/h14-15H,7-13H2,1-6H3/t14-,15?/m0/s1. The Kier molecular flexibility index (Phi) is 10.9. The fourth-order valence-corrected chi connectivity index (χ4v) is 4.78. The fraction of sp³-hybridized carbons (Fsp3) is 1.00. The van der Waals surface area contributed by atoms with E-state index in [1.54, 1.807) is 0 Å². The number of hydrogen-bond acceptors (Lipinski definition) is 2. The molecule has 0 nitrogen and oxygen atoms in total. The van der Waals surface area contributed by atoms with E-state index >= 15 is 0 Å². The molecule has 0 saturated heterocycles. The lowest BCUT2D eigenvalue weighted by Gasteiger charge is -2.26. The molecule has 0 aromatic carbocycles. The second-order valence-corrected chi connectivity index (χ2v) is 9.80. The molecule has 0 rings (SSSR count). The van der Waals surface area contributed by atoms with Crippen LogP contribution in [0.25, 0.3) is 0 Å². The van der Waals surface area contributed by atoms with E-state index in [9.17, 15) is 0 Å². The van der Waals surface area contributed by atoms with Crippen LogP contribution < -0.4 is 0 Å². The highest BCUT2D eigenvalue weighted by atomic mass is 33.1. The van der Waals surface area contributed by atoms with Crippen LogP contribution in [0.2, 0.25) is 0 Å². The van der Waals surface area contributed by atoms with Gasteiger partial charge in [0.15, 0.2) is 0 Å². The van der Waals surface area contributed by atoms with Gasteiger partial charge in [0, 0.05) is 10.00 Å². The summed E-state index contributed by atoms with van der Waals surface area (Å²) in [6, 6.07) is 0. The molecule has 110 valence electrons. The Morgan fingerprint density at radius 2 is 1.56 bits per heavy atom. The van der Waals surface area contributed by atoms with Crippen molar-refractivity contribution in [1.82, 2.24) is 0 Å². The van der Waals surface area contributed by atoms with Gasteiger partial charge in [-0.05, 0) is 18.8 Å². The SMILES string of the molecule is CCCCCCC(CCC)[C@H](C)SSC(C)(C)C. The van der Waals surface area contributed by atoms with E-state index in [-0.39, 0.29) is 0 Å². The molecule has 0 aliphatic rings. The third kappa shape index (κ3) is 10.6. The van der Waals surface area contributed by atoms with Crippen LogP contribution in [-0.2, 0) is 0 Å². The predicted molar refractivity (Wildman–Crippen MR) is 91.6 cm³/mol. The number of hydrogen-bond donors (Lipinski definition) is 0. The highest BCUT2D eigenvalue weighted by Crippen LogP contribution is 2.42. The van der Waals surface area contributed by atoms with E-state index in [1.165, 1.54) is 44.9 Å². The quantitative estimate of drug-likeness (QED) is 0.315. The van der Waals surface area contributed by atoms with E-state index in [2.05, 4.69) is 63.1 Å². The van der Waals surface area contributed by atoms with Crippen molar-refractivity contribution in [3.63, 3.8) is 0 Å². The van der Waals surface area contributed by atoms with Gasteiger partial charge in [0.25, 0.3) is 0 Å². The minimum atomic E-state index is 0.387. The van der Waals surface area contributed by atoms with Crippen LogP contribution in [0.1, 0.15) is 86.5 Å². The molecular formula is C16H34S2. The van der Waals surface area contributed by atoms with Gasteiger partial charge in [0.2, 0.25) is 0 Å². The van der Waals surface area contributed by atoms with E-state index in [0.717, 1.165) is 11.2 Å². The topological polar surface area (TPSA) is 0 Å². The van der Waals surface area contributed by atoms with E-state index in [0.29, 0.717) is 4.75 Å². The predicted octanol–water partition coefficient (Wildman–Crippen LogP) is 6.94. The summed E-state index contributed by atoms with van der Waals surface area (Å²) >= 11 is 0. The zero-order valence-corrected chi connectivity index (χ0v) is 15.1. The monoisotopic (exact) mass is 290 g/mol. The first-order valence-electron chi connectivity index (χ1n) is 7.75. The van der Waals surface area contributed by atoms with Gasteiger partial charge in [-0.2, -0.15) is 0 Å². The summed E-state index contributed by atoms with van der Waals surface area (Å²) in [6.07, 6.45) is 9.81. The van der Waals surface area contributed by atoms with Crippen molar-refractivity contribution in [2.45, 2.75) is 96.5 Å². The molecule has 0 radical (unpaired) electrons. The van der Waals surface area contributed by atoms with Crippen LogP contribution in [0.3, 0.4) is 0 Å². The second-order valence-electron chi connectivity index (χ2n) is 6.40. The molecule has 2 heteroatoms. The maximum absolute atomic E-state index is 2.43. The fourth-order valence-electron chi connectivity index (χ4n) is 2.12. The summed E-state index contributed by atoms with van der Waals surface area (Å²) in [5.74, 6) is 0.923. The van der Waals surface area contributed by atoms with Crippen LogP contribution in [0.15, 0.2) is 0 Å². The lowest BCUT2D eigenvalue weighted by molar-refractivity contribution is 0.420. The highest BCUT2D eigenvalue weighted by molar-refractivity contribution is 8.77. The summed E-state index contributed by atoms with van der Waals surface area (Å²) in [7, 11) is 4.17. The smallest absolute Gasteiger partial charge is 0.0179 e. The summed E-state index contributed by atoms with van der Waals surface area (Å²) in [5.41, 5.74) is 0. The summed E-state index contributed by atoms with van der Waals surface area (Å²) < 4.78 is 0.387. The maximum Gasteiger partial charge on any atom is 0.0179 e. The molecule has 0 amide bonds. The molecule has 2 atom stereocenters. The van der Waals surface area contributed by atoms with E-state index < -0.39 is 0 Å². The van der Waals surface area contributed by atoms with Crippen LogP contribution in [0, 0.1) is 5.92 Å². The highest BCUT2D eigenvalue weighted by Gasteiger charge is 2.20. The lowest BCUT2D eigenvalue weighted by Crippen LogP contribution is -2.15. The molecule has 0 bridgehead atoms. The zero-order valence-electron chi connectivity index (χ0n) is 13.4. The van der Waals surface area contributed by atoms with Crippen LogP contribution in [0.4, 0.5) is 0 Å². The first kappa shape index (κ1) is 18.7. The normalized spacial score (nSPS) is 15.7. The van der Waals surface area contributed by atoms with Gasteiger partial charge in [-0.3, -0.25) is 0 Å². The molecule has 0 aliphatic carbocycles. The van der Waals surface area contributed by atoms with Gasteiger partial charge in [-0.1, -0.05) is 95.2 Å². The molecule has 0 aliphatic heterocycles. The first-order chi connectivity index (χ1) is 8.40. The Balaban J connectivity index is 3.97. The Bertz CT molecular complexity index is 184. The molecule has 0 spiro atoms. The molecule has 18 heavy (non-hydrogen) atoms. The van der Waals surface area contributed by atoms with Crippen molar-refractivity contribution in [2.75, 3.05) is 0 Å². The van der Waals surface area contributed by atoms with Gasteiger partial charge in [-0.25, -0.2) is 0 Å². The summed E-state index contributed by atoms with van der Waals surface area (Å²) in [5, 5.41) is 0.802. The molecule has 1 unspecified atom stereocenters. The van der Waals surface area contributed by atoms with Crippen molar-refractivity contribution < 1.29 is 0 Å². The molecule has 0 fully saturated rings.